The molecule has 0 aromatic heterocycles. The van der Waals surface area contributed by atoms with Crippen LogP contribution in [0, 0.1) is 17.3 Å². The minimum absolute atomic E-state index is 0.106. The van der Waals surface area contributed by atoms with Crippen molar-refractivity contribution in [2.75, 3.05) is 6.61 Å². The van der Waals surface area contributed by atoms with Crippen LogP contribution < -0.4 is 0 Å². The minimum atomic E-state index is -0.537. The van der Waals surface area contributed by atoms with E-state index in [0.29, 0.717) is 17.3 Å². The van der Waals surface area contributed by atoms with Gasteiger partial charge in [-0.15, -0.1) is 0 Å². The average Bonchev–Trinajstić information content (AvgIpc) is 2.63. The monoisotopic (exact) mass is 226 g/mol. The van der Waals surface area contributed by atoms with Crippen molar-refractivity contribution in [3.05, 3.63) is 0 Å². The second-order valence-corrected chi connectivity index (χ2v) is 6.62. The Morgan fingerprint density at radius 1 is 1.12 bits per heavy atom. The SMILES string of the molecule is C[C@@]12CC[C@@H](F)C[C@H]1CC[C@]1(C)OCC[C@@H]21. The second kappa shape index (κ2) is 3.44. The molecule has 3 fully saturated rings. The number of alkyl halides is 1. The number of rotatable bonds is 0. The van der Waals surface area contributed by atoms with Gasteiger partial charge >= 0.3 is 0 Å². The molecule has 3 aliphatic rings. The van der Waals surface area contributed by atoms with E-state index in [0.717, 1.165) is 32.3 Å². The van der Waals surface area contributed by atoms with Crippen LogP contribution in [0.25, 0.3) is 0 Å². The van der Waals surface area contributed by atoms with Crippen LogP contribution in [-0.4, -0.2) is 18.4 Å². The molecule has 5 atom stereocenters. The lowest BCUT2D eigenvalue weighted by Gasteiger charge is -2.55. The van der Waals surface area contributed by atoms with Gasteiger partial charge in [-0.25, -0.2) is 4.39 Å². The molecule has 3 rings (SSSR count). The van der Waals surface area contributed by atoms with Crippen molar-refractivity contribution >= 4 is 0 Å². The van der Waals surface area contributed by atoms with Crippen LogP contribution in [0.1, 0.15) is 52.4 Å². The van der Waals surface area contributed by atoms with Crippen molar-refractivity contribution in [3.8, 4) is 0 Å². The van der Waals surface area contributed by atoms with Gasteiger partial charge in [0.15, 0.2) is 0 Å². The van der Waals surface area contributed by atoms with Crippen LogP contribution in [0.2, 0.25) is 0 Å². The molecule has 0 amide bonds. The third-order valence-electron chi connectivity index (χ3n) is 5.83. The largest absolute Gasteiger partial charge is 0.375 e. The van der Waals surface area contributed by atoms with Crippen molar-refractivity contribution in [1.29, 1.82) is 0 Å². The highest BCUT2D eigenvalue weighted by atomic mass is 19.1. The summed E-state index contributed by atoms with van der Waals surface area (Å²) in [5.41, 5.74) is 0.459. The van der Waals surface area contributed by atoms with E-state index in [1.165, 1.54) is 12.8 Å². The van der Waals surface area contributed by atoms with Crippen molar-refractivity contribution in [1.82, 2.24) is 0 Å². The van der Waals surface area contributed by atoms with Crippen LogP contribution in [0.5, 0.6) is 0 Å². The van der Waals surface area contributed by atoms with Crippen LogP contribution >= 0.6 is 0 Å². The lowest BCUT2D eigenvalue weighted by molar-refractivity contribution is -0.123. The molecular weight excluding hydrogens is 203 g/mol. The first kappa shape index (κ1) is 11.0. The molecular formula is C14H23FO. The number of halogens is 1. The molecule has 0 N–H and O–H groups in total. The molecule has 16 heavy (non-hydrogen) atoms. The zero-order valence-electron chi connectivity index (χ0n) is 10.5. The third kappa shape index (κ3) is 1.38. The number of hydrogen-bond donors (Lipinski definition) is 0. The zero-order chi connectivity index (χ0) is 11.4. The molecule has 92 valence electrons. The Kier molecular flexibility index (Phi) is 2.37. The third-order valence-corrected chi connectivity index (χ3v) is 5.83. The summed E-state index contributed by atoms with van der Waals surface area (Å²) < 4.78 is 19.5. The van der Waals surface area contributed by atoms with E-state index in [1.54, 1.807) is 0 Å². The highest BCUT2D eigenvalue weighted by Gasteiger charge is 2.57. The number of hydrogen-bond acceptors (Lipinski definition) is 1. The highest BCUT2D eigenvalue weighted by Crippen LogP contribution is 2.60. The maximum atomic E-state index is 13.5. The number of ether oxygens (including phenoxy) is 1. The van der Waals surface area contributed by atoms with Gasteiger partial charge in [0.2, 0.25) is 0 Å². The first-order valence-corrected chi connectivity index (χ1v) is 6.83. The summed E-state index contributed by atoms with van der Waals surface area (Å²) in [5.74, 6) is 1.28. The van der Waals surface area contributed by atoms with Gasteiger partial charge in [0.05, 0.1) is 5.60 Å². The maximum Gasteiger partial charge on any atom is 0.100 e. The first-order valence-electron chi connectivity index (χ1n) is 6.83. The van der Waals surface area contributed by atoms with Gasteiger partial charge in [-0.05, 0) is 62.7 Å². The molecule has 0 aromatic carbocycles. The van der Waals surface area contributed by atoms with E-state index < -0.39 is 6.17 Å². The summed E-state index contributed by atoms with van der Waals surface area (Å²) in [6, 6.07) is 0. The normalized spacial score (nSPS) is 56.8. The summed E-state index contributed by atoms with van der Waals surface area (Å²) in [4.78, 5) is 0. The summed E-state index contributed by atoms with van der Waals surface area (Å²) in [6.45, 7) is 5.61. The Balaban J connectivity index is 1.90. The van der Waals surface area contributed by atoms with Gasteiger partial charge in [-0.1, -0.05) is 6.92 Å². The summed E-state index contributed by atoms with van der Waals surface area (Å²) in [5, 5.41) is 0. The smallest absolute Gasteiger partial charge is 0.100 e. The molecule has 1 saturated heterocycles. The lowest BCUT2D eigenvalue weighted by atomic mass is 9.51. The van der Waals surface area contributed by atoms with Crippen molar-refractivity contribution in [2.24, 2.45) is 17.3 Å². The molecule has 1 nitrogen and oxygen atoms in total. The second-order valence-electron chi connectivity index (χ2n) is 6.62. The quantitative estimate of drug-likeness (QED) is 0.611. The highest BCUT2D eigenvalue weighted by molar-refractivity contribution is 5.07. The van der Waals surface area contributed by atoms with Crippen LogP contribution in [0.4, 0.5) is 4.39 Å². The molecule has 0 spiro atoms. The fraction of sp³-hybridized carbons (Fsp3) is 1.00. The van der Waals surface area contributed by atoms with E-state index >= 15 is 0 Å². The Morgan fingerprint density at radius 3 is 2.75 bits per heavy atom. The summed E-state index contributed by atoms with van der Waals surface area (Å²) >= 11 is 0. The zero-order valence-corrected chi connectivity index (χ0v) is 10.5. The van der Waals surface area contributed by atoms with E-state index in [4.69, 9.17) is 4.74 Å². The Morgan fingerprint density at radius 2 is 1.94 bits per heavy atom. The summed E-state index contributed by atoms with van der Waals surface area (Å²) in [7, 11) is 0. The Labute approximate surface area is 97.7 Å². The van der Waals surface area contributed by atoms with Gasteiger partial charge in [0, 0.05) is 6.61 Å². The van der Waals surface area contributed by atoms with Gasteiger partial charge < -0.3 is 4.74 Å². The van der Waals surface area contributed by atoms with E-state index in [-0.39, 0.29) is 5.60 Å². The van der Waals surface area contributed by atoms with Gasteiger partial charge in [-0.3, -0.25) is 0 Å². The molecule has 0 bridgehead atoms. The van der Waals surface area contributed by atoms with Crippen LogP contribution in [0.15, 0.2) is 0 Å². The van der Waals surface area contributed by atoms with Gasteiger partial charge in [-0.2, -0.15) is 0 Å². The molecule has 0 aromatic rings. The molecule has 0 radical (unpaired) electrons. The standard InChI is InChI=1S/C14H23FO/c1-13-6-4-11(15)9-10(13)3-7-14(2)12(13)5-8-16-14/h10-12H,3-9H2,1-2H3/t10-,11-,12+,13-,14+/m1/s1. The lowest BCUT2D eigenvalue weighted by Crippen LogP contribution is -2.52. The number of fused-ring (bicyclic) bond motifs is 3. The van der Waals surface area contributed by atoms with Crippen LogP contribution in [-0.2, 0) is 4.74 Å². The molecule has 2 aliphatic carbocycles. The van der Waals surface area contributed by atoms with E-state index in [2.05, 4.69) is 13.8 Å². The van der Waals surface area contributed by atoms with Crippen LogP contribution in [0.3, 0.4) is 0 Å². The molecule has 0 unspecified atom stereocenters. The van der Waals surface area contributed by atoms with Gasteiger partial charge in [0.25, 0.3) is 0 Å². The maximum absolute atomic E-state index is 13.5. The Bertz CT molecular complexity index is 292. The van der Waals surface area contributed by atoms with E-state index in [1.807, 2.05) is 0 Å². The fourth-order valence-electron chi connectivity index (χ4n) is 4.82. The van der Waals surface area contributed by atoms with Crippen molar-refractivity contribution in [2.45, 2.75) is 64.1 Å². The predicted molar refractivity (Wildman–Crippen MR) is 62.0 cm³/mol. The fourth-order valence-corrected chi connectivity index (χ4v) is 4.82. The van der Waals surface area contributed by atoms with Crippen molar-refractivity contribution < 1.29 is 9.13 Å². The minimum Gasteiger partial charge on any atom is -0.375 e. The molecule has 1 aliphatic heterocycles. The molecule has 1 heterocycles. The van der Waals surface area contributed by atoms with Crippen molar-refractivity contribution in [3.63, 3.8) is 0 Å². The van der Waals surface area contributed by atoms with Gasteiger partial charge in [0.1, 0.15) is 6.17 Å². The first-order chi connectivity index (χ1) is 7.55. The Hall–Kier alpha value is -0.110. The summed E-state index contributed by atoms with van der Waals surface area (Å²) in [6.07, 6.45) is 5.63. The predicted octanol–water partition coefficient (Wildman–Crippen LogP) is 3.72. The topological polar surface area (TPSA) is 9.23 Å². The van der Waals surface area contributed by atoms with E-state index in [9.17, 15) is 4.39 Å². The average molecular weight is 226 g/mol. The molecule has 2 heteroatoms. The molecule has 2 saturated carbocycles.